The number of benzene rings is 1. The van der Waals surface area contributed by atoms with Crippen LogP contribution in [0.2, 0.25) is 0 Å². The highest BCUT2D eigenvalue weighted by Crippen LogP contribution is 2.20. The Hall–Kier alpha value is -2.06. The van der Waals surface area contributed by atoms with Crippen molar-refractivity contribution in [3.05, 3.63) is 18.2 Å². The Balaban J connectivity index is 2.05. The summed E-state index contributed by atoms with van der Waals surface area (Å²) in [6, 6.07) is 4.61. The van der Waals surface area contributed by atoms with Gasteiger partial charge in [-0.25, -0.2) is 0 Å². The monoisotopic (exact) mass is 294 g/mol. The Morgan fingerprint density at radius 2 is 2.20 bits per heavy atom. The minimum Gasteiger partial charge on any atom is -0.480 e. The summed E-state index contributed by atoms with van der Waals surface area (Å²) in [5.74, 6) is -1.26. The van der Waals surface area contributed by atoms with E-state index in [1.807, 2.05) is 6.07 Å². The SMILES string of the molecule is CC(C(=O)O)N(C)CC(=O)Nc1cccc2nsnc12. The van der Waals surface area contributed by atoms with Crippen LogP contribution in [0.1, 0.15) is 6.92 Å². The summed E-state index contributed by atoms with van der Waals surface area (Å²) in [6.07, 6.45) is 0. The predicted molar refractivity (Wildman–Crippen MR) is 75.8 cm³/mol. The van der Waals surface area contributed by atoms with Gasteiger partial charge in [0.1, 0.15) is 17.1 Å². The van der Waals surface area contributed by atoms with Crippen LogP contribution in [0.5, 0.6) is 0 Å². The number of carboxylic acid groups (broad SMARTS) is 1. The number of aromatic nitrogens is 2. The van der Waals surface area contributed by atoms with Gasteiger partial charge in [0.25, 0.3) is 0 Å². The van der Waals surface area contributed by atoms with E-state index < -0.39 is 12.0 Å². The lowest BCUT2D eigenvalue weighted by atomic mass is 10.2. The summed E-state index contributed by atoms with van der Waals surface area (Å²) >= 11 is 1.08. The van der Waals surface area contributed by atoms with Gasteiger partial charge in [-0.05, 0) is 26.1 Å². The number of amides is 1. The second kappa shape index (κ2) is 5.93. The number of anilines is 1. The van der Waals surface area contributed by atoms with Gasteiger partial charge in [-0.2, -0.15) is 8.75 Å². The van der Waals surface area contributed by atoms with E-state index in [0.717, 1.165) is 17.2 Å². The van der Waals surface area contributed by atoms with E-state index in [-0.39, 0.29) is 12.5 Å². The smallest absolute Gasteiger partial charge is 0.320 e. The quantitative estimate of drug-likeness (QED) is 0.855. The third-order valence-corrected chi connectivity index (χ3v) is 3.51. The van der Waals surface area contributed by atoms with Gasteiger partial charge in [0.2, 0.25) is 5.91 Å². The average Bonchev–Trinajstić information content (AvgIpc) is 2.86. The molecule has 2 N–H and O–H groups in total. The molecule has 0 saturated carbocycles. The second-order valence-corrected chi connectivity index (χ2v) is 4.94. The van der Waals surface area contributed by atoms with Crippen LogP contribution >= 0.6 is 11.7 Å². The van der Waals surface area contributed by atoms with E-state index >= 15 is 0 Å². The highest BCUT2D eigenvalue weighted by Gasteiger charge is 2.19. The van der Waals surface area contributed by atoms with Crippen molar-refractivity contribution in [1.29, 1.82) is 0 Å². The lowest BCUT2D eigenvalue weighted by Crippen LogP contribution is -2.40. The van der Waals surface area contributed by atoms with Crippen molar-refractivity contribution in [3.8, 4) is 0 Å². The van der Waals surface area contributed by atoms with Gasteiger partial charge in [0.15, 0.2) is 0 Å². The van der Waals surface area contributed by atoms with Crippen LogP contribution in [-0.4, -0.2) is 50.3 Å². The molecule has 0 radical (unpaired) electrons. The number of rotatable bonds is 5. The molecule has 8 heteroatoms. The summed E-state index contributed by atoms with van der Waals surface area (Å²) in [5, 5.41) is 11.6. The van der Waals surface area contributed by atoms with Crippen molar-refractivity contribution in [2.75, 3.05) is 18.9 Å². The maximum Gasteiger partial charge on any atom is 0.320 e. The molecule has 0 saturated heterocycles. The first-order valence-corrected chi connectivity index (χ1v) is 6.66. The van der Waals surface area contributed by atoms with E-state index in [1.165, 1.54) is 11.8 Å². The Morgan fingerprint density at radius 3 is 2.90 bits per heavy atom. The minimum atomic E-state index is -0.967. The largest absolute Gasteiger partial charge is 0.480 e. The van der Waals surface area contributed by atoms with E-state index in [2.05, 4.69) is 14.1 Å². The molecule has 1 aromatic carbocycles. The summed E-state index contributed by atoms with van der Waals surface area (Å²) < 4.78 is 8.21. The average molecular weight is 294 g/mol. The van der Waals surface area contributed by atoms with Crippen LogP contribution in [0.3, 0.4) is 0 Å². The topological polar surface area (TPSA) is 95.4 Å². The maximum absolute atomic E-state index is 11.9. The molecule has 1 atom stereocenters. The predicted octanol–water partition coefficient (Wildman–Crippen LogP) is 1.03. The molecular weight excluding hydrogens is 280 g/mol. The maximum atomic E-state index is 11.9. The van der Waals surface area contributed by atoms with Gasteiger partial charge in [-0.1, -0.05) is 6.07 Å². The molecule has 0 bridgehead atoms. The minimum absolute atomic E-state index is 0.0125. The third kappa shape index (κ3) is 3.09. The fourth-order valence-corrected chi connectivity index (χ4v) is 2.20. The molecule has 0 aliphatic heterocycles. The first-order valence-electron chi connectivity index (χ1n) is 5.93. The van der Waals surface area contributed by atoms with E-state index in [4.69, 9.17) is 5.11 Å². The number of carbonyl (C=O) groups excluding carboxylic acids is 1. The number of fused-ring (bicyclic) bond motifs is 1. The molecule has 2 aromatic rings. The summed E-state index contributed by atoms with van der Waals surface area (Å²) in [4.78, 5) is 24.2. The molecule has 1 heterocycles. The second-order valence-electron chi connectivity index (χ2n) is 4.42. The highest BCUT2D eigenvalue weighted by atomic mass is 32.1. The molecule has 0 fully saturated rings. The first kappa shape index (κ1) is 14.4. The number of carbonyl (C=O) groups is 2. The van der Waals surface area contributed by atoms with Gasteiger partial charge in [-0.15, -0.1) is 0 Å². The van der Waals surface area contributed by atoms with Crippen LogP contribution in [-0.2, 0) is 9.59 Å². The summed E-state index contributed by atoms with van der Waals surface area (Å²) in [7, 11) is 1.59. The van der Waals surface area contributed by atoms with E-state index in [0.29, 0.717) is 11.2 Å². The molecule has 1 aromatic heterocycles. The molecular formula is C12H14N4O3S. The van der Waals surface area contributed by atoms with Crippen LogP contribution in [0.25, 0.3) is 11.0 Å². The van der Waals surface area contributed by atoms with Crippen molar-refractivity contribution in [1.82, 2.24) is 13.6 Å². The Kier molecular flexibility index (Phi) is 4.26. The number of nitrogens with one attached hydrogen (secondary N) is 1. The molecule has 1 unspecified atom stereocenters. The first-order chi connectivity index (χ1) is 9.49. The molecule has 20 heavy (non-hydrogen) atoms. The zero-order valence-corrected chi connectivity index (χ0v) is 11.8. The number of carboxylic acids is 1. The Morgan fingerprint density at radius 1 is 1.45 bits per heavy atom. The van der Waals surface area contributed by atoms with Crippen molar-refractivity contribution in [2.45, 2.75) is 13.0 Å². The fourth-order valence-electron chi connectivity index (χ4n) is 1.65. The van der Waals surface area contributed by atoms with Gasteiger partial charge >= 0.3 is 5.97 Å². The number of nitrogens with zero attached hydrogens (tertiary/aromatic N) is 3. The van der Waals surface area contributed by atoms with Crippen LogP contribution in [0, 0.1) is 0 Å². The van der Waals surface area contributed by atoms with Crippen LogP contribution in [0.15, 0.2) is 18.2 Å². The third-order valence-electron chi connectivity index (χ3n) is 2.97. The number of aliphatic carboxylic acids is 1. The molecule has 1 amide bonds. The summed E-state index contributed by atoms with van der Waals surface area (Å²) in [5.41, 5.74) is 1.94. The molecule has 0 spiro atoms. The van der Waals surface area contributed by atoms with Crippen molar-refractivity contribution < 1.29 is 14.7 Å². The zero-order valence-electron chi connectivity index (χ0n) is 11.0. The number of likely N-dealkylation sites (N-methyl/N-ethyl adjacent to an activating group) is 1. The molecule has 106 valence electrons. The highest BCUT2D eigenvalue weighted by molar-refractivity contribution is 7.00. The van der Waals surface area contributed by atoms with Gasteiger partial charge in [0, 0.05) is 0 Å². The normalized spacial score (nSPS) is 12.6. The molecule has 0 aliphatic carbocycles. The van der Waals surface area contributed by atoms with Crippen LogP contribution in [0.4, 0.5) is 5.69 Å². The van der Waals surface area contributed by atoms with Gasteiger partial charge in [0.05, 0.1) is 24.0 Å². The molecule has 2 rings (SSSR count). The zero-order chi connectivity index (χ0) is 14.7. The Bertz CT molecular complexity index is 642. The van der Waals surface area contributed by atoms with Crippen LogP contribution < -0.4 is 5.32 Å². The lowest BCUT2D eigenvalue weighted by Gasteiger charge is -2.20. The fraction of sp³-hybridized carbons (Fsp3) is 0.333. The van der Waals surface area contributed by atoms with E-state index in [9.17, 15) is 9.59 Å². The van der Waals surface area contributed by atoms with Gasteiger partial charge in [-0.3, -0.25) is 14.5 Å². The molecule has 0 aliphatic rings. The summed E-state index contributed by atoms with van der Waals surface area (Å²) in [6.45, 7) is 1.52. The van der Waals surface area contributed by atoms with E-state index in [1.54, 1.807) is 19.2 Å². The number of hydrogen-bond donors (Lipinski definition) is 2. The Labute approximate surface area is 119 Å². The lowest BCUT2D eigenvalue weighted by molar-refractivity contribution is -0.142. The van der Waals surface area contributed by atoms with Gasteiger partial charge < -0.3 is 10.4 Å². The molecule has 7 nitrogen and oxygen atoms in total. The van der Waals surface area contributed by atoms with Crippen molar-refractivity contribution in [2.24, 2.45) is 0 Å². The van der Waals surface area contributed by atoms with Crippen molar-refractivity contribution >= 4 is 40.3 Å². The van der Waals surface area contributed by atoms with Crippen molar-refractivity contribution in [3.63, 3.8) is 0 Å². The number of hydrogen-bond acceptors (Lipinski definition) is 6. The standard InChI is InChI=1S/C12H14N4O3S/c1-7(12(18)19)16(2)6-10(17)13-8-4-3-5-9-11(8)15-20-14-9/h3-5,7H,6H2,1-2H3,(H,13,17)(H,18,19).